The highest BCUT2D eigenvalue weighted by Crippen LogP contribution is 2.24. The summed E-state index contributed by atoms with van der Waals surface area (Å²) in [5, 5.41) is 2.69. The lowest BCUT2D eigenvalue weighted by Gasteiger charge is -2.16. The smallest absolute Gasteiger partial charge is 0.308 e. The van der Waals surface area contributed by atoms with Gasteiger partial charge in [-0.3, -0.25) is 24.1 Å². The van der Waals surface area contributed by atoms with Gasteiger partial charge in [0.1, 0.15) is 0 Å². The van der Waals surface area contributed by atoms with E-state index in [0.717, 1.165) is 22.4 Å². The minimum atomic E-state index is -1.01. The first-order valence-corrected chi connectivity index (χ1v) is 9.86. The molecule has 0 radical (unpaired) electrons. The van der Waals surface area contributed by atoms with Crippen LogP contribution in [0.15, 0.2) is 42.5 Å². The van der Waals surface area contributed by atoms with Gasteiger partial charge in [-0.05, 0) is 50.1 Å². The van der Waals surface area contributed by atoms with Crippen LogP contribution in [0.2, 0.25) is 0 Å². The molecule has 1 heterocycles. The van der Waals surface area contributed by atoms with Gasteiger partial charge in [-0.25, -0.2) is 0 Å². The van der Waals surface area contributed by atoms with Crippen LogP contribution in [0.3, 0.4) is 0 Å². The maximum Gasteiger partial charge on any atom is 0.308 e. The fourth-order valence-electron chi connectivity index (χ4n) is 3.19. The number of anilines is 1. The first-order chi connectivity index (χ1) is 14.3. The highest BCUT2D eigenvalue weighted by atomic mass is 16.5. The molecule has 1 aliphatic heterocycles. The number of amides is 3. The number of hydrogen-bond acceptors (Lipinski definition) is 5. The van der Waals surface area contributed by atoms with Crippen LogP contribution in [-0.4, -0.2) is 41.2 Å². The van der Waals surface area contributed by atoms with Crippen LogP contribution in [0.1, 0.15) is 52.1 Å². The van der Waals surface area contributed by atoms with Crippen LogP contribution in [0.4, 0.5) is 5.69 Å². The Hall–Kier alpha value is -3.48. The van der Waals surface area contributed by atoms with E-state index in [9.17, 15) is 19.2 Å². The van der Waals surface area contributed by atoms with E-state index < -0.39 is 29.8 Å². The van der Waals surface area contributed by atoms with Crippen molar-refractivity contribution in [2.24, 2.45) is 0 Å². The molecule has 1 unspecified atom stereocenters. The Balaban J connectivity index is 1.51. The molecule has 1 N–H and O–H groups in total. The summed E-state index contributed by atoms with van der Waals surface area (Å²) in [7, 11) is 0. The number of carbonyl (C=O) groups is 4. The third-order valence-corrected chi connectivity index (χ3v) is 4.97. The predicted octanol–water partition coefficient (Wildman–Crippen LogP) is 3.11. The third-order valence-electron chi connectivity index (χ3n) is 4.97. The van der Waals surface area contributed by atoms with Gasteiger partial charge in [-0.15, -0.1) is 0 Å². The molecule has 0 aromatic heterocycles. The molecule has 1 aliphatic rings. The van der Waals surface area contributed by atoms with Crippen molar-refractivity contribution in [3.63, 3.8) is 0 Å². The number of ether oxygens (including phenoxy) is 1. The van der Waals surface area contributed by atoms with E-state index in [1.54, 1.807) is 30.3 Å². The number of esters is 1. The fraction of sp³-hybridized carbons (Fsp3) is 0.304. The number of rotatable bonds is 7. The van der Waals surface area contributed by atoms with Crippen LogP contribution in [0.5, 0.6) is 0 Å². The van der Waals surface area contributed by atoms with Gasteiger partial charge in [0.05, 0.1) is 17.5 Å². The Morgan fingerprint density at radius 3 is 2.37 bits per heavy atom. The van der Waals surface area contributed by atoms with Crippen LogP contribution >= 0.6 is 0 Å². The molecule has 0 saturated heterocycles. The van der Waals surface area contributed by atoms with E-state index in [-0.39, 0.29) is 13.0 Å². The van der Waals surface area contributed by atoms with Gasteiger partial charge < -0.3 is 10.1 Å². The van der Waals surface area contributed by atoms with Crippen molar-refractivity contribution in [2.45, 2.75) is 39.7 Å². The lowest BCUT2D eigenvalue weighted by Crippen LogP contribution is -2.34. The number of aryl methyl sites for hydroxylation is 2. The molecule has 2 aromatic rings. The lowest BCUT2D eigenvalue weighted by molar-refractivity contribution is -0.153. The summed E-state index contributed by atoms with van der Waals surface area (Å²) < 4.78 is 5.16. The largest absolute Gasteiger partial charge is 0.452 e. The first-order valence-electron chi connectivity index (χ1n) is 9.86. The zero-order chi connectivity index (χ0) is 21.8. The average molecular weight is 408 g/mol. The highest BCUT2D eigenvalue weighted by Gasteiger charge is 2.35. The van der Waals surface area contributed by atoms with E-state index in [2.05, 4.69) is 5.32 Å². The molecule has 156 valence electrons. The molecular weight excluding hydrogens is 384 g/mol. The zero-order valence-electron chi connectivity index (χ0n) is 17.2. The molecule has 2 aromatic carbocycles. The molecule has 0 spiro atoms. The maximum atomic E-state index is 12.4. The summed E-state index contributed by atoms with van der Waals surface area (Å²) in [5.74, 6) is -1.97. The molecule has 7 nitrogen and oxygen atoms in total. The number of benzene rings is 2. The minimum absolute atomic E-state index is 0.100. The SMILES string of the molecule is CCc1ccc(NC(=O)C(C)OC(=O)CCN2C(=O)c3ccc(C)cc3C2=O)cc1. The van der Waals surface area contributed by atoms with Crippen molar-refractivity contribution in [3.8, 4) is 0 Å². The Bertz CT molecular complexity index is 997. The van der Waals surface area contributed by atoms with Gasteiger partial charge >= 0.3 is 5.97 Å². The third kappa shape index (κ3) is 4.56. The quantitative estimate of drug-likeness (QED) is 0.561. The molecule has 3 rings (SSSR count). The molecule has 0 bridgehead atoms. The van der Waals surface area contributed by atoms with Gasteiger partial charge in [-0.2, -0.15) is 0 Å². The molecule has 0 aliphatic carbocycles. The minimum Gasteiger partial charge on any atom is -0.452 e. The van der Waals surface area contributed by atoms with E-state index in [0.29, 0.717) is 16.8 Å². The first kappa shape index (κ1) is 21.2. The number of nitrogens with one attached hydrogen (secondary N) is 1. The number of fused-ring (bicyclic) bond motifs is 1. The van der Waals surface area contributed by atoms with Crippen molar-refractivity contribution in [2.75, 3.05) is 11.9 Å². The van der Waals surface area contributed by atoms with E-state index in [1.165, 1.54) is 6.92 Å². The van der Waals surface area contributed by atoms with Crippen molar-refractivity contribution in [3.05, 3.63) is 64.7 Å². The fourth-order valence-corrected chi connectivity index (χ4v) is 3.19. The van der Waals surface area contributed by atoms with Gasteiger partial charge in [0, 0.05) is 12.2 Å². The molecular formula is C23H24N2O5. The van der Waals surface area contributed by atoms with E-state index in [1.807, 2.05) is 26.0 Å². The second-order valence-corrected chi connectivity index (χ2v) is 7.23. The molecule has 1 atom stereocenters. The van der Waals surface area contributed by atoms with Crippen molar-refractivity contribution >= 4 is 29.4 Å². The van der Waals surface area contributed by atoms with E-state index >= 15 is 0 Å². The summed E-state index contributed by atoms with van der Waals surface area (Å²) in [4.78, 5) is 50.3. The van der Waals surface area contributed by atoms with Gasteiger partial charge in [0.2, 0.25) is 0 Å². The van der Waals surface area contributed by atoms with Crippen LogP contribution < -0.4 is 5.32 Å². The van der Waals surface area contributed by atoms with Crippen molar-refractivity contribution in [1.82, 2.24) is 4.90 Å². The van der Waals surface area contributed by atoms with Crippen LogP contribution in [-0.2, 0) is 20.7 Å². The number of imide groups is 1. The number of hydrogen-bond donors (Lipinski definition) is 1. The Morgan fingerprint density at radius 2 is 1.70 bits per heavy atom. The summed E-state index contributed by atoms with van der Waals surface area (Å²) in [6, 6.07) is 12.4. The number of nitrogens with zero attached hydrogens (tertiary/aromatic N) is 1. The monoisotopic (exact) mass is 408 g/mol. The second kappa shape index (κ2) is 8.90. The molecule has 0 fully saturated rings. The molecule has 3 amide bonds. The van der Waals surface area contributed by atoms with E-state index in [4.69, 9.17) is 4.74 Å². The summed E-state index contributed by atoms with van der Waals surface area (Å²) in [6.07, 6.45) is -0.296. The van der Waals surface area contributed by atoms with Crippen LogP contribution in [0.25, 0.3) is 0 Å². The molecule has 0 saturated carbocycles. The average Bonchev–Trinajstić information content (AvgIpc) is 2.96. The Kier molecular flexibility index (Phi) is 6.30. The molecule has 30 heavy (non-hydrogen) atoms. The van der Waals surface area contributed by atoms with Crippen molar-refractivity contribution < 1.29 is 23.9 Å². The molecule has 7 heteroatoms. The van der Waals surface area contributed by atoms with Gasteiger partial charge in [0.25, 0.3) is 17.7 Å². The normalized spacial score (nSPS) is 13.8. The lowest BCUT2D eigenvalue weighted by atomic mass is 10.1. The van der Waals surface area contributed by atoms with Gasteiger partial charge in [0.15, 0.2) is 6.10 Å². The topological polar surface area (TPSA) is 92.8 Å². The zero-order valence-corrected chi connectivity index (χ0v) is 17.2. The van der Waals surface area contributed by atoms with Crippen molar-refractivity contribution in [1.29, 1.82) is 0 Å². The number of carbonyl (C=O) groups excluding carboxylic acids is 4. The second-order valence-electron chi connectivity index (χ2n) is 7.23. The standard InChI is InChI=1S/C23H24N2O5/c1-4-16-6-8-17(9-7-16)24-21(27)15(3)30-20(26)11-12-25-22(28)18-10-5-14(2)13-19(18)23(25)29/h5-10,13,15H,4,11-12H2,1-3H3,(H,24,27). The van der Waals surface area contributed by atoms with Gasteiger partial charge in [-0.1, -0.05) is 30.7 Å². The predicted molar refractivity (Wildman–Crippen MR) is 111 cm³/mol. The summed E-state index contributed by atoms with van der Waals surface area (Å²) >= 11 is 0. The van der Waals surface area contributed by atoms with Crippen LogP contribution in [0, 0.1) is 6.92 Å². The maximum absolute atomic E-state index is 12.4. The Labute approximate surface area is 175 Å². The Morgan fingerprint density at radius 1 is 1.03 bits per heavy atom. The highest BCUT2D eigenvalue weighted by molar-refractivity contribution is 6.21. The summed E-state index contributed by atoms with van der Waals surface area (Å²) in [6.45, 7) is 5.25. The summed E-state index contributed by atoms with van der Waals surface area (Å²) in [5.41, 5.74) is 3.31.